The van der Waals surface area contributed by atoms with Gasteiger partial charge in [-0.2, -0.15) is 4.98 Å². The Kier molecular flexibility index (Phi) is 3.37. The molecule has 0 saturated heterocycles. The van der Waals surface area contributed by atoms with E-state index in [-0.39, 0.29) is 5.69 Å². The van der Waals surface area contributed by atoms with Gasteiger partial charge in [-0.25, -0.2) is 9.78 Å². The highest BCUT2D eigenvalue weighted by atomic mass is 16.5. The first kappa shape index (κ1) is 11.8. The van der Waals surface area contributed by atoms with Gasteiger partial charge in [0.05, 0.1) is 5.69 Å². The second-order valence-electron chi connectivity index (χ2n) is 3.46. The predicted molar refractivity (Wildman–Crippen MR) is 62.1 cm³/mol. The fraction of sp³-hybridized carbons (Fsp3) is 0.200. The molecular formula is C10H11N5O3. The Bertz CT molecular complexity index is 540. The molecule has 0 aliphatic rings. The number of nitrogens with one attached hydrogen (secondary N) is 1. The Labute approximate surface area is 102 Å². The van der Waals surface area contributed by atoms with Crippen molar-refractivity contribution >= 4 is 17.5 Å². The van der Waals surface area contributed by atoms with Crippen molar-refractivity contribution in [2.45, 2.75) is 6.42 Å². The van der Waals surface area contributed by atoms with E-state index in [0.717, 1.165) is 0 Å². The molecule has 2 rings (SSSR count). The van der Waals surface area contributed by atoms with Crippen LogP contribution < -0.4 is 11.1 Å². The molecule has 0 fully saturated rings. The van der Waals surface area contributed by atoms with Gasteiger partial charge in [0.15, 0.2) is 11.5 Å². The Morgan fingerprint density at radius 2 is 2.33 bits per heavy atom. The molecule has 0 bridgehead atoms. The van der Waals surface area contributed by atoms with E-state index in [1.54, 1.807) is 0 Å². The molecule has 0 unspecified atom stereocenters. The first-order valence-corrected chi connectivity index (χ1v) is 5.16. The second-order valence-corrected chi connectivity index (χ2v) is 3.46. The van der Waals surface area contributed by atoms with Crippen LogP contribution in [0.25, 0.3) is 0 Å². The zero-order valence-corrected chi connectivity index (χ0v) is 9.33. The topological polar surface area (TPSA) is 127 Å². The van der Waals surface area contributed by atoms with Gasteiger partial charge in [0, 0.05) is 13.0 Å². The summed E-state index contributed by atoms with van der Waals surface area (Å²) >= 11 is 0. The number of carbonyl (C=O) groups is 1. The zero-order chi connectivity index (χ0) is 13.0. The van der Waals surface area contributed by atoms with Crippen LogP contribution in [0.3, 0.4) is 0 Å². The van der Waals surface area contributed by atoms with E-state index in [2.05, 4.69) is 25.0 Å². The minimum absolute atomic E-state index is 0.0636. The van der Waals surface area contributed by atoms with E-state index in [4.69, 9.17) is 10.8 Å². The van der Waals surface area contributed by atoms with Gasteiger partial charge in [0.25, 0.3) is 0 Å². The average molecular weight is 249 g/mol. The molecule has 0 aliphatic carbocycles. The number of nitrogens with two attached hydrogens (primary N) is 1. The van der Waals surface area contributed by atoms with Crippen LogP contribution in [0.1, 0.15) is 16.3 Å². The molecule has 0 radical (unpaired) electrons. The smallest absolute Gasteiger partial charge is 0.354 e. The number of aromatic carboxylic acids is 1. The number of pyridine rings is 1. The van der Waals surface area contributed by atoms with Crippen molar-refractivity contribution in [3.63, 3.8) is 0 Å². The number of hydrogen-bond acceptors (Lipinski definition) is 7. The maximum atomic E-state index is 10.8. The number of hydrogen-bond donors (Lipinski definition) is 3. The van der Waals surface area contributed by atoms with Gasteiger partial charge in [-0.05, 0) is 12.1 Å². The lowest BCUT2D eigenvalue weighted by molar-refractivity contribution is 0.0690. The molecule has 2 aromatic heterocycles. The van der Waals surface area contributed by atoms with Gasteiger partial charge >= 0.3 is 5.97 Å². The summed E-state index contributed by atoms with van der Waals surface area (Å²) in [6.45, 7) is 0.472. The first-order valence-electron chi connectivity index (χ1n) is 5.16. The summed E-state index contributed by atoms with van der Waals surface area (Å²) in [6.07, 6.45) is 1.77. The van der Waals surface area contributed by atoms with Crippen LogP contribution in [0, 0.1) is 0 Å². The molecule has 8 heteroatoms. The highest BCUT2D eigenvalue weighted by Crippen LogP contribution is 2.15. The van der Waals surface area contributed by atoms with Crippen LogP contribution in [0.15, 0.2) is 23.0 Å². The Morgan fingerprint density at radius 3 is 3.00 bits per heavy atom. The fourth-order valence-electron chi connectivity index (χ4n) is 1.33. The molecule has 2 heterocycles. The molecule has 0 amide bonds. The van der Waals surface area contributed by atoms with Crippen molar-refractivity contribution in [2.24, 2.45) is 0 Å². The summed E-state index contributed by atoms with van der Waals surface area (Å²) in [5.41, 5.74) is 6.00. The summed E-state index contributed by atoms with van der Waals surface area (Å²) in [5, 5.41) is 15.4. The normalized spacial score (nSPS) is 10.2. The van der Waals surface area contributed by atoms with Crippen molar-refractivity contribution in [3.05, 3.63) is 30.0 Å². The Balaban J connectivity index is 2.00. The molecule has 0 atom stereocenters. The van der Waals surface area contributed by atoms with E-state index >= 15 is 0 Å². The SMILES string of the molecule is Nc1ccc(C(=O)O)nc1NCCc1ncon1. The summed E-state index contributed by atoms with van der Waals surface area (Å²) in [4.78, 5) is 18.5. The van der Waals surface area contributed by atoms with Gasteiger partial charge < -0.3 is 20.7 Å². The van der Waals surface area contributed by atoms with Crippen LogP contribution in [0.2, 0.25) is 0 Å². The quantitative estimate of drug-likeness (QED) is 0.694. The van der Waals surface area contributed by atoms with Gasteiger partial charge in [-0.15, -0.1) is 0 Å². The molecule has 18 heavy (non-hydrogen) atoms. The summed E-state index contributed by atoms with van der Waals surface area (Å²) in [7, 11) is 0. The Hall–Kier alpha value is -2.64. The maximum absolute atomic E-state index is 10.8. The number of aromatic nitrogens is 3. The van der Waals surface area contributed by atoms with E-state index in [0.29, 0.717) is 30.3 Å². The van der Waals surface area contributed by atoms with Gasteiger partial charge in [-0.1, -0.05) is 5.16 Å². The van der Waals surface area contributed by atoms with Crippen LogP contribution in [-0.2, 0) is 6.42 Å². The molecule has 0 spiro atoms. The van der Waals surface area contributed by atoms with Crippen LogP contribution in [0.4, 0.5) is 11.5 Å². The minimum atomic E-state index is -1.10. The summed E-state index contributed by atoms with van der Waals surface area (Å²) < 4.78 is 4.58. The number of nitrogen functional groups attached to an aromatic ring is 1. The second kappa shape index (κ2) is 5.13. The zero-order valence-electron chi connectivity index (χ0n) is 9.33. The number of carboxylic acid groups (broad SMARTS) is 1. The number of anilines is 2. The molecule has 0 aromatic carbocycles. The van der Waals surface area contributed by atoms with Crippen LogP contribution >= 0.6 is 0 Å². The van der Waals surface area contributed by atoms with E-state index in [1.165, 1.54) is 18.5 Å². The van der Waals surface area contributed by atoms with Gasteiger partial charge in [-0.3, -0.25) is 0 Å². The molecule has 8 nitrogen and oxygen atoms in total. The van der Waals surface area contributed by atoms with Crippen molar-refractivity contribution < 1.29 is 14.4 Å². The average Bonchev–Trinajstić information content (AvgIpc) is 2.84. The number of carboxylic acids is 1. The maximum Gasteiger partial charge on any atom is 0.354 e. The fourth-order valence-corrected chi connectivity index (χ4v) is 1.33. The third-order valence-electron chi connectivity index (χ3n) is 2.19. The van der Waals surface area contributed by atoms with Crippen molar-refractivity contribution in [1.82, 2.24) is 15.1 Å². The monoisotopic (exact) mass is 249 g/mol. The van der Waals surface area contributed by atoms with E-state index < -0.39 is 5.97 Å². The third-order valence-corrected chi connectivity index (χ3v) is 2.19. The Morgan fingerprint density at radius 1 is 1.50 bits per heavy atom. The van der Waals surface area contributed by atoms with Crippen molar-refractivity contribution in [2.75, 3.05) is 17.6 Å². The standard InChI is InChI=1S/C10H11N5O3/c11-6-1-2-7(10(16)17)14-9(6)12-4-3-8-13-5-18-15-8/h1-2,5H,3-4,11H2,(H,12,14)(H,16,17). The lowest BCUT2D eigenvalue weighted by Crippen LogP contribution is -2.11. The van der Waals surface area contributed by atoms with Gasteiger partial charge in [0.2, 0.25) is 6.39 Å². The molecular weight excluding hydrogens is 238 g/mol. The molecule has 4 N–H and O–H groups in total. The minimum Gasteiger partial charge on any atom is -0.477 e. The molecule has 0 saturated carbocycles. The molecule has 94 valence electrons. The highest BCUT2D eigenvalue weighted by Gasteiger charge is 2.08. The summed E-state index contributed by atoms with van der Waals surface area (Å²) in [5.74, 6) is -0.218. The van der Waals surface area contributed by atoms with E-state index in [1.807, 2.05) is 0 Å². The molecule has 0 aliphatic heterocycles. The van der Waals surface area contributed by atoms with Gasteiger partial charge in [0.1, 0.15) is 5.82 Å². The lowest BCUT2D eigenvalue weighted by atomic mass is 10.3. The van der Waals surface area contributed by atoms with Crippen LogP contribution in [0.5, 0.6) is 0 Å². The number of nitrogens with zero attached hydrogens (tertiary/aromatic N) is 3. The highest BCUT2D eigenvalue weighted by molar-refractivity contribution is 5.86. The van der Waals surface area contributed by atoms with Crippen molar-refractivity contribution in [1.29, 1.82) is 0 Å². The number of rotatable bonds is 5. The largest absolute Gasteiger partial charge is 0.477 e. The third kappa shape index (κ3) is 2.73. The lowest BCUT2D eigenvalue weighted by Gasteiger charge is -2.07. The summed E-state index contributed by atoms with van der Waals surface area (Å²) in [6, 6.07) is 2.84. The van der Waals surface area contributed by atoms with E-state index in [9.17, 15) is 4.79 Å². The van der Waals surface area contributed by atoms with Crippen LogP contribution in [-0.4, -0.2) is 32.7 Å². The molecule has 2 aromatic rings. The first-order chi connectivity index (χ1) is 8.66. The van der Waals surface area contributed by atoms with Crippen molar-refractivity contribution in [3.8, 4) is 0 Å². The predicted octanol–water partition coefficient (Wildman–Crippen LogP) is 0.400.